The normalized spacial score (nSPS) is 22.8. The first-order chi connectivity index (χ1) is 13.3. The number of benzene rings is 1. The first kappa shape index (κ1) is 20.5. The van der Waals surface area contributed by atoms with Crippen LogP contribution in [0, 0.1) is 5.92 Å². The molecule has 2 unspecified atom stereocenters. The Morgan fingerprint density at radius 1 is 1.11 bits per heavy atom. The third-order valence-electron chi connectivity index (χ3n) is 5.41. The van der Waals surface area contributed by atoms with E-state index in [1.807, 2.05) is 26.8 Å². The summed E-state index contributed by atoms with van der Waals surface area (Å²) in [5.41, 5.74) is 0.681. The molecule has 154 valence electrons. The largest absolute Gasteiger partial charge is 0.444 e. The summed E-state index contributed by atoms with van der Waals surface area (Å²) in [5.74, 6) is 0.381. The predicted octanol–water partition coefficient (Wildman–Crippen LogP) is 3.42. The molecule has 2 atom stereocenters. The number of para-hydroxylation sites is 1. The third kappa shape index (κ3) is 5.40. The van der Waals surface area contributed by atoms with Crippen LogP contribution >= 0.6 is 0 Å². The Morgan fingerprint density at radius 3 is 2.57 bits per heavy atom. The molecule has 0 radical (unpaired) electrons. The quantitative estimate of drug-likeness (QED) is 0.860. The minimum absolute atomic E-state index is 0.0521. The van der Waals surface area contributed by atoms with E-state index in [9.17, 15) is 9.59 Å². The molecule has 2 fully saturated rings. The average Bonchev–Trinajstić information content (AvgIpc) is 3.14. The predicted molar refractivity (Wildman–Crippen MR) is 110 cm³/mol. The lowest BCUT2D eigenvalue weighted by atomic mass is 10.0. The molecule has 2 aliphatic rings. The van der Waals surface area contributed by atoms with E-state index in [2.05, 4.69) is 34.5 Å². The van der Waals surface area contributed by atoms with Gasteiger partial charge in [0.2, 0.25) is 5.91 Å². The molecular formula is C22H33N3O3. The second-order valence-electron chi connectivity index (χ2n) is 8.87. The van der Waals surface area contributed by atoms with Crippen molar-refractivity contribution in [1.82, 2.24) is 10.2 Å². The number of anilines is 1. The van der Waals surface area contributed by atoms with Crippen LogP contribution in [0.15, 0.2) is 30.3 Å². The number of rotatable bonds is 4. The molecule has 0 spiro atoms. The maximum absolute atomic E-state index is 12.8. The lowest BCUT2D eigenvalue weighted by Crippen LogP contribution is -2.53. The fourth-order valence-electron chi connectivity index (χ4n) is 3.98. The number of piperidine rings is 1. The highest BCUT2D eigenvalue weighted by atomic mass is 16.6. The molecule has 0 saturated carbocycles. The summed E-state index contributed by atoms with van der Waals surface area (Å²) >= 11 is 0. The summed E-state index contributed by atoms with van der Waals surface area (Å²) < 4.78 is 5.50. The van der Waals surface area contributed by atoms with Gasteiger partial charge in [-0.25, -0.2) is 4.79 Å². The number of amides is 2. The van der Waals surface area contributed by atoms with Crippen LogP contribution in [0.5, 0.6) is 0 Å². The lowest BCUT2D eigenvalue weighted by molar-refractivity contribution is -0.127. The van der Waals surface area contributed by atoms with Gasteiger partial charge in [0.15, 0.2) is 0 Å². The second-order valence-corrected chi connectivity index (χ2v) is 8.87. The molecule has 6 nitrogen and oxygen atoms in total. The van der Waals surface area contributed by atoms with Crippen LogP contribution in [0.3, 0.4) is 0 Å². The van der Waals surface area contributed by atoms with Crippen LogP contribution in [0.2, 0.25) is 0 Å². The Kier molecular flexibility index (Phi) is 6.47. The summed E-state index contributed by atoms with van der Waals surface area (Å²) in [5, 5.41) is 3.10. The fourth-order valence-corrected chi connectivity index (χ4v) is 3.98. The number of ether oxygens (including phenoxy) is 1. The summed E-state index contributed by atoms with van der Waals surface area (Å²) in [7, 11) is 0. The first-order valence-corrected chi connectivity index (χ1v) is 10.4. The van der Waals surface area contributed by atoms with E-state index in [1.165, 1.54) is 5.69 Å². The number of carbonyl (C=O) groups excluding carboxylic acids is 2. The van der Waals surface area contributed by atoms with E-state index in [4.69, 9.17) is 4.74 Å². The fraction of sp³-hybridized carbons (Fsp3) is 0.636. The van der Waals surface area contributed by atoms with Crippen molar-refractivity contribution in [2.75, 3.05) is 31.1 Å². The summed E-state index contributed by atoms with van der Waals surface area (Å²) in [4.78, 5) is 29.3. The van der Waals surface area contributed by atoms with Gasteiger partial charge in [0, 0.05) is 31.9 Å². The van der Waals surface area contributed by atoms with Crippen molar-refractivity contribution in [1.29, 1.82) is 0 Å². The van der Waals surface area contributed by atoms with Crippen LogP contribution in [-0.4, -0.2) is 54.7 Å². The molecule has 2 aliphatic heterocycles. The Balaban J connectivity index is 1.51. The van der Waals surface area contributed by atoms with Crippen molar-refractivity contribution < 1.29 is 14.3 Å². The van der Waals surface area contributed by atoms with Gasteiger partial charge in [-0.3, -0.25) is 9.69 Å². The maximum Gasteiger partial charge on any atom is 0.410 e. The molecule has 2 heterocycles. The summed E-state index contributed by atoms with van der Waals surface area (Å²) in [6.07, 6.45) is 3.25. The molecular weight excluding hydrogens is 354 g/mol. The molecule has 2 amide bonds. The number of hydrogen-bond donors (Lipinski definition) is 1. The molecule has 0 aliphatic carbocycles. The topological polar surface area (TPSA) is 61.9 Å². The number of likely N-dealkylation sites (tertiary alicyclic amines) is 1. The molecule has 1 aromatic rings. The Morgan fingerprint density at radius 2 is 1.86 bits per heavy atom. The molecule has 28 heavy (non-hydrogen) atoms. The van der Waals surface area contributed by atoms with Crippen molar-refractivity contribution >= 4 is 17.7 Å². The second kappa shape index (κ2) is 8.84. The Bertz CT molecular complexity index is 671. The van der Waals surface area contributed by atoms with Crippen molar-refractivity contribution in [3.63, 3.8) is 0 Å². The smallest absolute Gasteiger partial charge is 0.410 e. The van der Waals surface area contributed by atoms with Gasteiger partial charge < -0.3 is 15.0 Å². The molecule has 3 rings (SSSR count). The van der Waals surface area contributed by atoms with E-state index < -0.39 is 11.6 Å². The van der Waals surface area contributed by atoms with E-state index in [0.717, 1.165) is 32.4 Å². The van der Waals surface area contributed by atoms with Gasteiger partial charge in [-0.15, -0.1) is 0 Å². The van der Waals surface area contributed by atoms with Gasteiger partial charge in [-0.05, 0) is 64.5 Å². The zero-order chi connectivity index (χ0) is 20.1. The summed E-state index contributed by atoms with van der Waals surface area (Å²) in [6.45, 7) is 8.75. The van der Waals surface area contributed by atoms with Crippen molar-refractivity contribution in [2.45, 2.75) is 58.1 Å². The van der Waals surface area contributed by atoms with Gasteiger partial charge in [0.1, 0.15) is 11.6 Å². The summed E-state index contributed by atoms with van der Waals surface area (Å²) in [6, 6.07) is 9.97. The van der Waals surface area contributed by atoms with E-state index in [-0.39, 0.29) is 12.0 Å². The zero-order valence-electron chi connectivity index (χ0n) is 17.3. The number of nitrogens with zero attached hydrogens (tertiary/aromatic N) is 2. The molecule has 1 aromatic carbocycles. The first-order valence-electron chi connectivity index (χ1n) is 10.4. The highest BCUT2D eigenvalue weighted by molar-refractivity contribution is 5.86. The average molecular weight is 388 g/mol. The highest BCUT2D eigenvalue weighted by Gasteiger charge is 2.35. The molecule has 6 heteroatoms. The minimum Gasteiger partial charge on any atom is -0.444 e. The van der Waals surface area contributed by atoms with Gasteiger partial charge in [-0.2, -0.15) is 0 Å². The molecule has 2 saturated heterocycles. The van der Waals surface area contributed by atoms with Crippen LogP contribution in [0.4, 0.5) is 10.5 Å². The Labute approximate surface area is 168 Å². The minimum atomic E-state index is -0.555. The van der Waals surface area contributed by atoms with Crippen LogP contribution < -0.4 is 10.2 Å². The number of hydrogen-bond acceptors (Lipinski definition) is 4. The van der Waals surface area contributed by atoms with Crippen LogP contribution in [-0.2, 0) is 9.53 Å². The van der Waals surface area contributed by atoms with Crippen LogP contribution in [0.25, 0.3) is 0 Å². The van der Waals surface area contributed by atoms with E-state index >= 15 is 0 Å². The van der Waals surface area contributed by atoms with E-state index in [1.54, 1.807) is 4.90 Å². The van der Waals surface area contributed by atoms with Gasteiger partial charge >= 0.3 is 6.09 Å². The number of nitrogens with one attached hydrogen (secondary N) is 1. The number of carbonyl (C=O) groups is 2. The lowest BCUT2D eigenvalue weighted by Gasteiger charge is -2.36. The monoisotopic (exact) mass is 387 g/mol. The SMILES string of the molecule is CC(C)(C)OC(=O)N1CCCCC1C(=O)NCC1CCN(c2ccccc2)C1. The van der Waals surface area contributed by atoms with Crippen molar-refractivity contribution in [3.8, 4) is 0 Å². The van der Waals surface area contributed by atoms with Gasteiger partial charge in [0.25, 0.3) is 0 Å². The third-order valence-corrected chi connectivity index (χ3v) is 5.41. The Hall–Kier alpha value is -2.24. The molecule has 0 aromatic heterocycles. The van der Waals surface area contributed by atoms with Gasteiger partial charge in [-0.1, -0.05) is 18.2 Å². The maximum atomic E-state index is 12.8. The molecule has 1 N–H and O–H groups in total. The highest BCUT2D eigenvalue weighted by Crippen LogP contribution is 2.24. The van der Waals surface area contributed by atoms with Crippen molar-refractivity contribution in [3.05, 3.63) is 30.3 Å². The zero-order valence-corrected chi connectivity index (χ0v) is 17.3. The standard InChI is InChI=1S/C22H33N3O3/c1-22(2,3)28-21(27)25-13-8-7-11-19(25)20(26)23-15-17-12-14-24(16-17)18-9-5-4-6-10-18/h4-6,9-10,17,19H,7-8,11-16H2,1-3H3,(H,23,26). The van der Waals surface area contributed by atoms with Gasteiger partial charge in [0.05, 0.1) is 0 Å². The molecule has 0 bridgehead atoms. The van der Waals surface area contributed by atoms with Crippen molar-refractivity contribution in [2.24, 2.45) is 5.92 Å². The van der Waals surface area contributed by atoms with Crippen LogP contribution in [0.1, 0.15) is 46.5 Å². The van der Waals surface area contributed by atoms with E-state index in [0.29, 0.717) is 25.4 Å².